The van der Waals surface area contributed by atoms with Crippen LogP contribution in [-0.4, -0.2) is 15.9 Å². The maximum absolute atomic E-state index is 12.7. The molecule has 0 bridgehead atoms. The third kappa shape index (κ3) is 4.66. The number of carbonyl (C=O) groups is 1. The first-order valence-electron chi connectivity index (χ1n) is 12.9. The molecule has 0 saturated heterocycles. The summed E-state index contributed by atoms with van der Waals surface area (Å²) < 4.78 is 7.57. The van der Waals surface area contributed by atoms with Crippen molar-refractivity contribution in [2.45, 2.75) is 12.1 Å². The van der Waals surface area contributed by atoms with Gasteiger partial charge in [0.05, 0.1) is 11.7 Å². The van der Waals surface area contributed by atoms with Gasteiger partial charge in [-0.1, -0.05) is 121 Å². The van der Waals surface area contributed by atoms with E-state index in [0.717, 1.165) is 33.2 Å². The molecule has 0 unspecified atom stereocenters. The number of fused-ring (bicyclic) bond motifs is 1. The molecule has 0 atom stereocenters. The summed E-state index contributed by atoms with van der Waals surface area (Å²) in [5.41, 5.74) is 4.82. The van der Waals surface area contributed by atoms with Crippen molar-refractivity contribution in [1.29, 1.82) is 0 Å². The number of nitrogens with one attached hydrogen (secondary N) is 1. The molecule has 0 aliphatic rings. The van der Waals surface area contributed by atoms with Gasteiger partial charge in [-0.15, -0.1) is 0 Å². The fraction of sp³-hybridized carbons (Fsp3) is 0.0588. The fourth-order valence-electron chi connectivity index (χ4n) is 5.16. The molecular formula is C34H27N3O2. The molecule has 0 saturated carbocycles. The Bertz CT molecular complexity index is 1660. The summed E-state index contributed by atoms with van der Waals surface area (Å²) in [7, 11) is 0. The normalized spacial score (nSPS) is 11.3. The van der Waals surface area contributed by atoms with Crippen LogP contribution < -0.4 is 5.32 Å². The van der Waals surface area contributed by atoms with Crippen molar-refractivity contribution < 1.29 is 9.53 Å². The second kappa shape index (κ2) is 10.7. The topological polar surface area (TPSA) is 56.2 Å². The fourth-order valence-corrected chi connectivity index (χ4v) is 5.16. The van der Waals surface area contributed by atoms with Gasteiger partial charge in [-0.05, 0) is 40.5 Å². The van der Waals surface area contributed by atoms with Gasteiger partial charge in [0.2, 0.25) is 0 Å². The lowest BCUT2D eigenvalue weighted by Crippen LogP contribution is -2.38. The number of amides is 1. The average Bonchev–Trinajstić information content (AvgIpc) is 3.43. The van der Waals surface area contributed by atoms with E-state index >= 15 is 0 Å². The van der Waals surface area contributed by atoms with Crippen molar-refractivity contribution in [1.82, 2.24) is 9.78 Å². The van der Waals surface area contributed by atoms with Crippen LogP contribution in [0.4, 0.5) is 10.5 Å². The molecule has 0 aliphatic heterocycles. The van der Waals surface area contributed by atoms with Gasteiger partial charge in [-0.25, -0.2) is 9.48 Å². The summed E-state index contributed by atoms with van der Waals surface area (Å²) in [5.74, 6) is 0. The highest BCUT2D eigenvalue weighted by Gasteiger charge is 2.40. The van der Waals surface area contributed by atoms with E-state index in [-0.39, 0.29) is 6.61 Å². The molecule has 1 heterocycles. The molecule has 5 aromatic carbocycles. The van der Waals surface area contributed by atoms with Crippen LogP contribution in [0, 0.1) is 0 Å². The highest BCUT2D eigenvalue weighted by atomic mass is 16.5. The molecule has 0 radical (unpaired) electrons. The predicted molar refractivity (Wildman–Crippen MR) is 155 cm³/mol. The number of ether oxygens (including phenoxy) is 1. The van der Waals surface area contributed by atoms with Crippen LogP contribution in [0.1, 0.15) is 22.3 Å². The molecule has 1 amide bonds. The summed E-state index contributed by atoms with van der Waals surface area (Å²) >= 11 is 0. The number of hydrogen-bond donors (Lipinski definition) is 1. The molecule has 6 rings (SSSR count). The second-order valence-corrected chi connectivity index (χ2v) is 9.33. The molecule has 190 valence electrons. The number of hydrogen-bond acceptors (Lipinski definition) is 3. The van der Waals surface area contributed by atoms with Crippen molar-refractivity contribution in [2.75, 3.05) is 5.32 Å². The van der Waals surface area contributed by atoms with Gasteiger partial charge in [0, 0.05) is 11.1 Å². The SMILES string of the molecule is O=C(Nc1cccc(C(c2ccccc2)(c2ccccc2)n2ncc3ccccc32)c1)OCc1ccccc1. The molecular weight excluding hydrogens is 482 g/mol. The maximum atomic E-state index is 12.7. The van der Waals surface area contributed by atoms with Crippen molar-refractivity contribution in [2.24, 2.45) is 0 Å². The number of nitrogens with zero attached hydrogens (tertiary/aromatic N) is 2. The van der Waals surface area contributed by atoms with Gasteiger partial charge in [-0.2, -0.15) is 5.10 Å². The van der Waals surface area contributed by atoms with E-state index < -0.39 is 11.6 Å². The van der Waals surface area contributed by atoms with Crippen molar-refractivity contribution in [3.05, 3.63) is 168 Å². The second-order valence-electron chi connectivity index (χ2n) is 9.33. The maximum Gasteiger partial charge on any atom is 0.411 e. The van der Waals surface area contributed by atoms with Crippen molar-refractivity contribution >= 4 is 22.7 Å². The van der Waals surface area contributed by atoms with Crippen molar-refractivity contribution in [3.8, 4) is 0 Å². The number of carbonyl (C=O) groups excluding carboxylic acids is 1. The molecule has 0 spiro atoms. The summed E-state index contributed by atoms with van der Waals surface area (Å²) in [5, 5.41) is 8.92. The first-order chi connectivity index (χ1) is 19.2. The zero-order valence-electron chi connectivity index (χ0n) is 21.3. The Morgan fingerprint density at radius 2 is 1.28 bits per heavy atom. The van der Waals surface area contributed by atoms with E-state index in [2.05, 4.69) is 52.5 Å². The minimum absolute atomic E-state index is 0.198. The highest BCUT2D eigenvalue weighted by Crippen LogP contribution is 2.42. The van der Waals surface area contributed by atoms with Gasteiger partial charge in [0.25, 0.3) is 0 Å². The number of rotatable bonds is 7. The van der Waals surface area contributed by atoms with Gasteiger partial charge >= 0.3 is 6.09 Å². The zero-order chi connectivity index (χ0) is 26.5. The average molecular weight is 510 g/mol. The van der Waals surface area contributed by atoms with Crippen LogP contribution >= 0.6 is 0 Å². The smallest absolute Gasteiger partial charge is 0.411 e. The Morgan fingerprint density at radius 3 is 1.97 bits per heavy atom. The molecule has 5 nitrogen and oxygen atoms in total. The van der Waals surface area contributed by atoms with Crippen LogP contribution in [0.2, 0.25) is 0 Å². The van der Waals surface area contributed by atoms with Crippen LogP contribution in [0.25, 0.3) is 10.9 Å². The Hall–Kier alpha value is -5.16. The highest BCUT2D eigenvalue weighted by molar-refractivity contribution is 5.85. The lowest BCUT2D eigenvalue weighted by atomic mass is 9.76. The van der Waals surface area contributed by atoms with E-state index in [4.69, 9.17) is 9.84 Å². The Labute approximate surface area is 227 Å². The standard InChI is InChI=1S/C34H27N3O2/c38-33(39-25-26-13-4-1-5-14-26)36-31-21-12-20-30(23-31)34(28-16-6-2-7-17-28,29-18-8-3-9-19-29)37-32-22-11-10-15-27(32)24-35-37/h1-24H,25H2,(H,36,38). The Balaban J connectivity index is 1.48. The quantitative estimate of drug-likeness (QED) is 0.225. The largest absolute Gasteiger partial charge is 0.444 e. The van der Waals surface area contributed by atoms with Crippen LogP contribution in [-0.2, 0) is 16.9 Å². The lowest BCUT2D eigenvalue weighted by Gasteiger charge is -2.37. The molecule has 1 N–H and O–H groups in total. The summed E-state index contributed by atoms with van der Waals surface area (Å²) in [6, 6.07) is 46.4. The minimum atomic E-state index is -0.808. The van der Waals surface area contributed by atoms with Crippen LogP contribution in [0.3, 0.4) is 0 Å². The summed E-state index contributed by atoms with van der Waals surface area (Å²) in [4.78, 5) is 12.7. The third-order valence-electron chi connectivity index (χ3n) is 6.92. The van der Waals surface area contributed by atoms with Gasteiger partial charge < -0.3 is 4.74 Å². The number of benzene rings is 5. The third-order valence-corrected chi connectivity index (χ3v) is 6.92. The van der Waals surface area contributed by atoms with Gasteiger partial charge in [-0.3, -0.25) is 5.32 Å². The molecule has 0 aliphatic carbocycles. The number of anilines is 1. The lowest BCUT2D eigenvalue weighted by molar-refractivity contribution is 0.155. The van der Waals surface area contributed by atoms with E-state index in [1.54, 1.807) is 0 Å². The molecule has 1 aromatic heterocycles. The van der Waals surface area contributed by atoms with E-state index in [1.165, 1.54) is 0 Å². The minimum Gasteiger partial charge on any atom is -0.444 e. The molecule has 0 fully saturated rings. The van der Waals surface area contributed by atoms with E-state index in [9.17, 15) is 4.79 Å². The van der Waals surface area contributed by atoms with Crippen molar-refractivity contribution in [3.63, 3.8) is 0 Å². The van der Waals surface area contributed by atoms with Gasteiger partial charge in [0.1, 0.15) is 12.1 Å². The summed E-state index contributed by atoms with van der Waals surface area (Å²) in [6.07, 6.45) is 1.39. The van der Waals surface area contributed by atoms with E-state index in [0.29, 0.717) is 5.69 Å². The van der Waals surface area contributed by atoms with E-state index in [1.807, 2.05) is 103 Å². The monoisotopic (exact) mass is 509 g/mol. The first-order valence-corrected chi connectivity index (χ1v) is 12.9. The molecule has 5 heteroatoms. The number of para-hydroxylation sites is 1. The zero-order valence-corrected chi connectivity index (χ0v) is 21.3. The van der Waals surface area contributed by atoms with Gasteiger partial charge in [0.15, 0.2) is 0 Å². The van der Waals surface area contributed by atoms with Crippen LogP contribution in [0.15, 0.2) is 146 Å². The molecule has 39 heavy (non-hydrogen) atoms. The summed E-state index contributed by atoms with van der Waals surface area (Å²) in [6.45, 7) is 0.198. The Morgan fingerprint density at radius 1 is 0.692 bits per heavy atom. The van der Waals surface area contributed by atoms with Crippen LogP contribution in [0.5, 0.6) is 0 Å². The Kier molecular flexibility index (Phi) is 6.62. The predicted octanol–water partition coefficient (Wildman–Crippen LogP) is 7.63. The first kappa shape index (κ1) is 24.2. The molecule has 6 aromatic rings. The number of aromatic nitrogens is 2.